The van der Waals surface area contributed by atoms with Crippen molar-refractivity contribution in [2.45, 2.75) is 46.3 Å². The predicted molar refractivity (Wildman–Crippen MR) is 125 cm³/mol. The number of carbonyl (C=O) groups is 1. The van der Waals surface area contributed by atoms with Crippen LogP contribution in [0.1, 0.15) is 56.7 Å². The molecule has 1 amide bonds. The van der Waals surface area contributed by atoms with Crippen molar-refractivity contribution in [2.75, 3.05) is 19.0 Å². The summed E-state index contributed by atoms with van der Waals surface area (Å²) in [7, 11) is 1.30. The van der Waals surface area contributed by atoms with Crippen molar-refractivity contribution in [1.82, 2.24) is 14.6 Å². The van der Waals surface area contributed by atoms with E-state index in [0.717, 1.165) is 34.4 Å². The third kappa shape index (κ3) is 4.65. The van der Waals surface area contributed by atoms with Crippen LogP contribution in [0, 0.1) is 20.4 Å². The summed E-state index contributed by atoms with van der Waals surface area (Å²) in [5, 5.41) is 2.84. The van der Waals surface area contributed by atoms with Crippen LogP contribution in [-0.4, -0.2) is 34.2 Å². The van der Waals surface area contributed by atoms with Crippen LogP contribution in [0.4, 0.5) is 19.1 Å². The number of hydrogen-bond donors (Lipinski definition) is 1. The second-order valence-corrected chi connectivity index (χ2v) is 8.47. The van der Waals surface area contributed by atoms with Crippen molar-refractivity contribution in [3.63, 3.8) is 0 Å². The Hall–Kier alpha value is -3.89. The first-order valence-electron chi connectivity index (χ1n) is 11.4. The van der Waals surface area contributed by atoms with Gasteiger partial charge in [0.25, 0.3) is 11.5 Å². The number of nitrogens with zero attached hydrogens (tertiary/aromatic N) is 3. The molecule has 192 valence electrons. The van der Waals surface area contributed by atoms with Crippen molar-refractivity contribution >= 4 is 11.9 Å². The summed E-state index contributed by atoms with van der Waals surface area (Å²) in [6, 6.07) is 4.54. The van der Waals surface area contributed by atoms with Crippen molar-refractivity contribution in [3.05, 3.63) is 86.2 Å². The number of aromatic nitrogens is 2. The molecule has 2 aromatic heterocycles. The number of furan rings is 1. The van der Waals surface area contributed by atoms with Crippen LogP contribution in [0.15, 0.2) is 33.5 Å². The van der Waals surface area contributed by atoms with Crippen LogP contribution in [0.5, 0.6) is 0 Å². The summed E-state index contributed by atoms with van der Waals surface area (Å²) in [6.07, 6.45) is -3.33. The van der Waals surface area contributed by atoms with Gasteiger partial charge in [-0.2, -0.15) is 30.9 Å². The first-order valence-corrected chi connectivity index (χ1v) is 11.4. The smallest absolute Gasteiger partial charge is 0.414 e. The zero-order valence-electron chi connectivity index (χ0n) is 20.3. The molecule has 3 heterocycles. The van der Waals surface area contributed by atoms with E-state index in [2.05, 4.69) is 10.3 Å². The molecule has 36 heavy (non-hydrogen) atoms. The Morgan fingerprint density at radius 3 is 2.53 bits per heavy atom. The average Bonchev–Trinajstić information content (AvgIpc) is 3.14. The monoisotopic (exact) mass is 503 g/mol. The number of benzene rings is 1. The zero-order valence-corrected chi connectivity index (χ0v) is 20.3. The molecule has 1 N–H and O–H groups in total. The first-order chi connectivity index (χ1) is 17.0. The number of aryl methyl sites for hydroxylation is 1. The standard InChI is InChI=1S/C25H26F3N4O4/c1-5-18-14(2)21(36-15(18)3)23(34)31-11-10-20-19(13-31)22(33)32(35-4)24(30-20)29-12-16-6-8-17(9-7-16)25(26,27)28/h6-9,12H,5,10-11,13H2,1-4H3,(H,29,30)/q-1. The molecule has 0 spiro atoms. The molecular weight excluding hydrogens is 477 g/mol. The summed E-state index contributed by atoms with van der Waals surface area (Å²) in [5.74, 6) is 0.768. The quantitative estimate of drug-likeness (QED) is 0.513. The van der Waals surface area contributed by atoms with E-state index in [-0.39, 0.29) is 24.2 Å². The third-order valence-electron chi connectivity index (χ3n) is 6.29. The van der Waals surface area contributed by atoms with Gasteiger partial charge in [-0.05, 0) is 25.8 Å². The van der Waals surface area contributed by atoms with E-state index in [1.54, 1.807) is 4.90 Å². The van der Waals surface area contributed by atoms with E-state index in [9.17, 15) is 22.8 Å². The molecule has 4 rings (SSSR count). The second-order valence-electron chi connectivity index (χ2n) is 8.47. The van der Waals surface area contributed by atoms with E-state index in [1.807, 2.05) is 20.8 Å². The maximum Gasteiger partial charge on any atom is 0.414 e. The van der Waals surface area contributed by atoms with Crippen molar-refractivity contribution < 1.29 is 27.2 Å². The van der Waals surface area contributed by atoms with Gasteiger partial charge < -0.3 is 19.5 Å². The van der Waals surface area contributed by atoms with Crippen molar-refractivity contribution in [2.24, 2.45) is 0 Å². The van der Waals surface area contributed by atoms with E-state index in [0.29, 0.717) is 35.5 Å². The molecule has 0 atom stereocenters. The summed E-state index contributed by atoms with van der Waals surface area (Å²) in [6.45, 7) is 7.49. The molecule has 0 saturated carbocycles. The van der Waals surface area contributed by atoms with Crippen LogP contribution < -0.4 is 15.7 Å². The van der Waals surface area contributed by atoms with Crippen LogP contribution >= 0.6 is 0 Å². The Morgan fingerprint density at radius 2 is 1.94 bits per heavy atom. The highest BCUT2D eigenvalue weighted by Gasteiger charge is 2.31. The van der Waals surface area contributed by atoms with Gasteiger partial charge in [0.2, 0.25) is 5.95 Å². The Bertz CT molecular complexity index is 1340. The number of carbonyl (C=O) groups excluding carboxylic acids is 1. The minimum Gasteiger partial charge on any atom is -0.456 e. The molecular formula is C25H26F3N4O4-. The van der Waals surface area contributed by atoms with Gasteiger partial charge in [-0.15, -0.1) is 16.9 Å². The molecule has 0 bridgehead atoms. The van der Waals surface area contributed by atoms with Gasteiger partial charge in [-0.3, -0.25) is 9.59 Å². The normalized spacial score (nSPS) is 13.4. The van der Waals surface area contributed by atoms with Crippen molar-refractivity contribution in [1.29, 1.82) is 0 Å². The number of hydrogen-bond acceptors (Lipinski definition) is 6. The highest BCUT2D eigenvalue weighted by atomic mass is 19.4. The number of rotatable bonds is 6. The Morgan fingerprint density at radius 1 is 1.25 bits per heavy atom. The van der Waals surface area contributed by atoms with Gasteiger partial charge in [0.05, 0.1) is 17.8 Å². The molecule has 0 radical (unpaired) electrons. The maximum atomic E-state index is 13.2. The van der Waals surface area contributed by atoms with Gasteiger partial charge in [0.15, 0.2) is 5.76 Å². The van der Waals surface area contributed by atoms with Crippen molar-refractivity contribution in [3.8, 4) is 0 Å². The number of amides is 1. The minimum absolute atomic E-state index is 0.0485. The number of nitrogens with one attached hydrogen (secondary N) is 1. The SMILES string of the molecule is CCc1c(C)oc(C(=O)N2CCc3nc(N[CH-]c4ccc(C(F)(F)F)cc4)n(OC)c(=O)c3C2)c1C. The first kappa shape index (κ1) is 25.2. The second kappa shape index (κ2) is 9.63. The highest BCUT2D eigenvalue weighted by Crippen LogP contribution is 2.29. The van der Waals surface area contributed by atoms with Gasteiger partial charge in [0, 0.05) is 24.1 Å². The van der Waals surface area contributed by atoms with E-state index in [4.69, 9.17) is 9.25 Å². The fraction of sp³-hybridized carbons (Fsp3) is 0.360. The maximum absolute atomic E-state index is 13.2. The lowest BCUT2D eigenvalue weighted by atomic mass is 10.0. The molecule has 8 nitrogen and oxygen atoms in total. The minimum atomic E-state index is -4.43. The third-order valence-corrected chi connectivity index (χ3v) is 6.29. The Kier molecular flexibility index (Phi) is 6.75. The van der Waals surface area contributed by atoms with Gasteiger partial charge in [-0.1, -0.05) is 13.5 Å². The van der Waals surface area contributed by atoms with Crippen LogP contribution in [0.25, 0.3) is 0 Å². The molecule has 1 aliphatic rings. The summed E-state index contributed by atoms with van der Waals surface area (Å²) in [5.41, 5.74) is 1.85. The number of alkyl halides is 3. The summed E-state index contributed by atoms with van der Waals surface area (Å²) in [4.78, 5) is 37.6. The topological polar surface area (TPSA) is 89.6 Å². The van der Waals surface area contributed by atoms with Crippen LogP contribution in [0.2, 0.25) is 0 Å². The molecule has 1 aliphatic heterocycles. The van der Waals surface area contributed by atoms with Gasteiger partial charge in [-0.25, -0.2) is 4.98 Å². The largest absolute Gasteiger partial charge is 0.456 e. The highest BCUT2D eigenvalue weighted by molar-refractivity contribution is 5.93. The number of fused-ring (bicyclic) bond motifs is 1. The van der Waals surface area contributed by atoms with Crippen LogP contribution in [0.3, 0.4) is 0 Å². The number of halogens is 3. The fourth-order valence-electron chi connectivity index (χ4n) is 4.36. The Balaban J connectivity index is 1.55. The average molecular weight is 504 g/mol. The summed E-state index contributed by atoms with van der Waals surface area (Å²) >= 11 is 0. The lowest BCUT2D eigenvalue weighted by Crippen LogP contribution is -2.42. The molecule has 3 aromatic rings. The fourth-order valence-corrected chi connectivity index (χ4v) is 4.36. The lowest BCUT2D eigenvalue weighted by molar-refractivity contribution is -0.137. The molecule has 0 fully saturated rings. The molecule has 0 saturated heterocycles. The zero-order chi connectivity index (χ0) is 26.2. The van der Waals surface area contributed by atoms with Crippen LogP contribution in [-0.2, 0) is 25.6 Å². The lowest BCUT2D eigenvalue weighted by Gasteiger charge is -2.28. The number of anilines is 1. The predicted octanol–water partition coefficient (Wildman–Crippen LogP) is 3.91. The molecule has 0 unspecified atom stereocenters. The van der Waals surface area contributed by atoms with Gasteiger partial charge in [0.1, 0.15) is 12.9 Å². The molecule has 11 heteroatoms. The molecule has 0 aliphatic carbocycles. The van der Waals surface area contributed by atoms with E-state index < -0.39 is 17.3 Å². The summed E-state index contributed by atoms with van der Waals surface area (Å²) < 4.78 is 45.0. The Labute approximate surface area is 205 Å². The molecule has 1 aromatic carbocycles. The van der Waals surface area contributed by atoms with E-state index >= 15 is 0 Å². The van der Waals surface area contributed by atoms with E-state index in [1.165, 1.54) is 25.8 Å². The van der Waals surface area contributed by atoms with Gasteiger partial charge >= 0.3 is 6.18 Å².